The number of hydrogen-bond donors (Lipinski definition) is 1. The number of carbonyl (C=O) groups is 1. The molecule has 1 atom stereocenters. The lowest BCUT2D eigenvalue weighted by Gasteiger charge is -2.20. The zero-order chi connectivity index (χ0) is 24.9. The number of amides is 1. The van der Waals surface area contributed by atoms with E-state index in [1.165, 1.54) is 19.8 Å². The van der Waals surface area contributed by atoms with Crippen LogP contribution in [0.25, 0.3) is 5.70 Å². The lowest BCUT2D eigenvalue weighted by molar-refractivity contribution is -0.117. The third-order valence-corrected chi connectivity index (χ3v) is 5.94. The van der Waals surface area contributed by atoms with Crippen LogP contribution in [-0.2, 0) is 11.2 Å². The van der Waals surface area contributed by atoms with Gasteiger partial charge in [-0.3, -0.25) is 4.79 Å². The minimum Gasteiger partial charge on any atom is -0.493 e. The number of benzene rings is 2. The zero-order valence-electron chi connectivity index (χ0n) is 20.5. The molecule has 0 bridgehead atoms. The summed E-state index contributed by atoms with van der Waals surface area (Å²) in [5, 5.41) is 3.25. The number of ether oxygens (including phenoxy) is 1. The van der Waals surface area contributed by atoms with E-state index in [9.17, 15) is 9.18 Å². The van der Waals surface area contributed by atoms with E-state index in [0.717, 1.165) is 23.5 Å². The average molecular weight is 485 g/mol. The van der Waals surface area contributed by atoms with Crippen LogP contribution in [0.2, 0.25) is 5.02 Å². The number of carbonyl (C=O) groups excluding carboxylic acids is 1. The number of nitrogens with zero attached hydrogens (tertiary/aromatic N) is 1. The normalized spacial score (nSPS) is 15.1. The molecule has 1 N–H and O–H groups in total. The van der Waals surface area contributed by atoms with Crippen LogP contribution < -0.4 is 10.1 Å². The Morgan fingerprint density at radius 1 is 1.26 bits per heavy atom. The number of hydrogen-bond acceptors (Lipinski definition) is 3. The van der Waals surface area contributed by atoms with Gasteiger partial charge in [0.25, 0.3) is 0 Å². The molecule has 182 valence electrons. The monoisotopic (exact) mass is 484 g/mol. The van der Waals surface area contributed by atoms with E-state index in [0.29, 0.717) is 40.9 Å². The van der Waals surface area contributed by atoms with E-state index in [1.54, 1.807) is 19.9 Å². The molecule has 0 spiro atoms. The van der Waals surface area contributed by atoms with E-state index in [-0.39, 0.29) is 11.8 Å². The summed E-state index contributed by atoms with van der Waals surface area (Å²) >= 11 is 6.49. The molecule has 1 aliphatic rings. The molecule has 1 unspecified atom stereocenters. The maximum atomic E-state index is 14.1. The van der Waals surface area contributed by atoms with Crippen LogP contribution in [0.3, 0.4) is 0 Å². The van der Waals surface area contributed by atoms with Crippen molar-refractivity contribution in [3.8, 4) is 5.75 Å². The highest BCUT2D eigenvalue weighted by Crippen LogP contribution is 2.30. The van der Waals surface area contributed by atoms with E-state index in [2.05, 4.69) is 16.9 Å². The van der Waals surface area contributed by atoms with Crippen molar-refractivity contribution in [1.82, 2.24) is 5.32 Å². The smallest absolute Gasteiger partial charge is 0.222 e. The van der Waals surface area contributed by atoms with E-state index in [4.69, 9.17) is 16.3 Å². The van der Waals surface area contributed by atoms with Gasteiger partial charge in [0, 0.05) is 12.5 Å². The number of nitrogens with one attached hydrogen (secondary N) is 1. The van der Waals surface area contributed by atoms with Crippen molar-refractivity contribution in [2.75, 3.05) is 6.61 Å². The predicted molar refractivity (Wildman–Crippen MR) is 138 cm³/mol. The molecule has 2 aromatic rings. The lowest BCUT2D eigenvalue weighted by atomic mass is 9.90. The predicted octanol–water partition coefficient (Wildman–Crippen LogP) is 7.00. The summed E-state index contributed by atoms with van der Waals surface area (Å²) in [6.45, 7) is 11.5. The van der Waals surface area contributed by atoms with Gasteiger partial charge < -0.3 is 10.1 Å². The van der Waals surface area contributed by atoms with Crippen molar-refractivity contribution >= 4 is 29.0 Å². The largest absolute Gasteiger partial charge is 0.493 e. The van der Waals surface area contributed by atoms with Crippen molar-refractivity contribution in [3.63, 3.8) is 0 Å². The Morgan fingerprint density at radius 3 is 2.53 bits per heavy atom. The van der Waals surface area contributed by atoms with E-state index < -0.39 is 5.67 Å². The highest BCUT2D eigenvalue weighted by Gasteiger charge is 2.22. The highest BCUT2D eigenvalue weighted by atomic mass is 35.5. The van der Waals surface area contributed by atoms with Crippen LogP contribution in [0.1, 0.15) is 63.6 Å². The fourth-order valence-electron chi connectivity index (χ4n) is 3.95. The molecule has 2 aromatic carbocycles. The molecule has 0 aliphatic heterocycles. The number of alkyl halides is 1. The first-order valence-electron chi connectivity index (χ1n) is 11.8. The Morgan fingerprint density at radius 2 is 1.94 bits per heavy atom. The minimum absolute atomic E-state index is 0.144. The van der Waals surface area contributed by atoms with Gasteiger partial charge in [-0.15, -0.1) is 0 Å². The molecular formula is C28H34ClFN2O2. The van der Waals surface area contributed by atoms with Gasteiger partial charge in [-0.2, -0.15) is 0 Å². The van der Waals surface area contributed by atoms with Crippen LogP contribution in [0.15, 0.2) is 54.0 Å². The Labute approximate surface area is 207 Å². The molecule has 0 radical (unpaired) electrons. The maximum absolute atomic E-state index is 14.1. The van der Waals surface area contributed by atoms with Crippen molar-refractivity contribution < 1.29 is 13.9 Å². The summed E-state index contributed by atoms with van der Waals surface area (Å²) in [5.74, 6) is 1.72. The standard InChI is InChI=1S/C28H34ClFN2O2/c1-18(16-28(4,5)30)14-22-8-13-26(29)25(15-22)27(32-20(3)33)31-19(2)23-9-11-24(12-10-23)34-17-21-6-7-21/h8-13,15,18,21H,2,6-7,14,16-17H2,1,3-5H3,(H,31,32,33). The van der Waals surface area contributed by atoms with Crippen molar-refractivity contribution in [3.05, 3.63) is 70.8 Å². The number of aliphatic imine (C=N–C) groups is 1. The molecule has 0 aromatic heterocycles. The first kappa shape index (κ1) is 26.0. The van der Waals surface area contributed by atoms with Crippen LogP contribution in [0.4, 0.5) is 4.39 Å². The summed E-state index contributed by atoms with van der Waals surface area (Å²) in [5.41, 5.74) is 1.68. The summed E-state index contributed by atoms with van der Waals surface area (Å²) in [7, 11) is 0. The fourth-order valence-corrected chi connectivity index (χ4v) is 4.15. The van der Waals surface area contributed by atoms with Gasteiger partial charge in [0.1, 0.15) is 17.3 Å². The summed E-state index contributed by atoms with van der Waals surface area (Å²) < 4.78 is 19.9. The third-order valence-electron chi connectivity index (χ3n) is 5.62. The van der Waals surface area contributed by atoms with Gasteiger partial charge in [-0.25, -0.2) is 9.38 Å². The fraction of sp³-hybridized carbons (Fsp3) is 0.429. The third kappa shape index (κ3) is 8.28. The molecule has 3 rings (SSSR count). The van der Waals surface area contributed by atoms with Crippen LogP contribution in [0.5, 0.6) is 5.75 Å². The summed E-state index contributed by atoms with van der Waals surface area (Å²) in [4.78, 5) is 16.5. The molecule has 34 heavy (non-hydrogen) atoms. The Hall–Kier alpha value is -2.66. The number of amidine groups is 1. The molecule has 4 nitrogen and oxygen atoms in total. The van der Waals surface area contributed by atoms with Crippen molar-refractivity contribution in [2.45, 2.75) is 59.0 Å². The van der Waals surface area contributed by atoms with Gasteiger partial charge in [0.05, 0.1) is 17.3 Å². The lowest BCUT2D eigenvalue weighted by Crippen LogP contribution is -2.29. The van der Waals surface area contributed by atoms with Gasteiger partial charge in [0.2, 0.25) is 5.91 Å². The quantitative estimate of drug-likeness (QED) is 0.291. The second kappa shape index (κ2) is 11.2. The van der Waals surface area contributed by atoms with Gasteiger partial charge in [0.15, 0.2) is 0 Å². The molecule has 1 saturated carbocycles. The summed E-state index contributed by atoms with van der Waals surface area (Å²) in [6.07, 6.45) is 3.63. The molecular weight excluding hydrogens is 451 g/mol. The van der Waals surface area contributed by atoms with Crippen LogP contribution in [-0.4, -0.2) is 24.0 Å². The minimum atomic E-state index is -1.23. The Balaban J connectivity index is 1.81. The molecule has 0 heterocycles. The molecule has 1 amide bonds. The Bertz CT molecular complexity index is 1050. The van der Waals surface area contributed by atoms with Gasteiger partial charge in [-0.1, -0.05) is 31.2 Å². The second-order valence-electron chi connectivity index (χ2n) is 9.91. The maximum Gasteiger partial charge on any atom is 0.222 e. The molecule has 0 saturated heterocycles. The molecule has 1 aliphatic carbocycles. The SMILES string of the molecule is C=C(/N=C(\NC(C)=O)c1cc(CC(C)CC(C)(C)F)ccc1Cl)c1ccc(OCC2CC2)cc1. The van der Waals surface area contributed by atoms with Crippen LogP contribution >= 0.6 is 11.6 Å². The Kier molecular flexibility index (Phi) is 8.53. The van der Waals surface area contributed by atoms with Crippen molar-refractivity contribution in [2.24, 2.45) is 16.8 Å². The number of halogens is 2. The topological polar surface area (TPSA) is 50.7 Å². The molecule has 1 fully saturated rings. The van der Waals surface area contributed by atoms with E-state index >= 15 is 0 Å². The first-order valence-corrected chi connectivity index (χ1v) is 12.1. The second-order valence-corrected chi connectivity index (χ2v) is 10.3. The highest BCUT2D eigenvalue weighted by molar-refractivity contribution is 6.34. The van der Waals surface area contributed by atoms with E-state index in [1.807, 2.05) is 43.3 Å². The van der Waals surface area contributed by atoms with Gasteiger partial charge >= 0.3 is 0 Å². The van der Waals surface area contributed by atoms with Crippen molar-refractivity contribution in [1.29, 1.82) is 0 Å². The first-order chi connectivity index (χ1) is 16.0. The summed E-state index contributed by atoms with van der Waals surface area (Å²) in [6, 6.07) is 13.2. The average Bonchev–Trinajstić information content (AvgIpc) is 3.56. The zero-order valence-corrected chi connectivity index (χ0v) is 21.2. The molecule has 6 heteroatoms. The van der Waals surface area contributed by atoms with Crippen LogP contribution in [0, 0.1) is 11.8 Å². The number of rotatable bonds is 10. The van der Waals surface area contributed by atoms with Gasteiger partial charge in [-0.05, 0) is 98.9 Å².